The number of nitrogens with zero attached hydrogens (tertiary/aromatic N) is 3. The van der Waals surface area contributed by atoms with Crippen molar-refractivity contribution >= 4 is 28.8 Å². The van der Waals surface area contributed by atoms with Gasteiger partial charge in [0.1, 0.15) is 5.82 Å². The summed E-state index contributed by atoms with van der Waals surface area (Å²) in [5.74, 6) is -0.739. The molecule has 38 heavy (non-hydrogen) atoms. The number of aromatic nitrogens is 2. The largest absolute Gasteiger partial charge is 0.494 e. The van der Waals surface area contributed by atoms with Gasteiger partial charge in [-0.25, -0.2) is 14.2 Å². The van der Waals surface area contributed by atoms with Crippen LogP contribution in [0.5, 0.6) is 5.75 Å². The summed E-state index contributed by atoms with van der Waals surface area (Å²) in [6.45, 7) is 4.02. The van der Waals surface area contributed by atoms with Gasteiger partial charge in [-0.3, -0.25) is 9.69 Å². The standard InChI is InChI=1S/C29H34FN3O5/c1-16-5-11-21-23(32(16)29(36)38-4)12-13-24-26(21)31-27(17(2)19-8-14-25(37-3)22(30)15-19)33(24)20-9-6-18(7-10-20)28(34)35/h8,12-18,20H,5-7,9-11H2,1-4H3,(H,34,35)/t16-,17+,18?,20?/m0/s1. The molecule has 1 N–H and O–H groups in total. The SMILES string of the molecule is COC(=O)N1c2ccc3c(nc([C@H](C)c4ccc(OC)c(F)c4)n3C3CCC(C(=O)O)CC3)c2CC[C@@H]1C. The summed E-state index contributed by atoms with van der Waals surface area (Å²) in [5, 5.41) is 9.52. The number of aryl methyl sites for hydroxylation is 1. The van der Waals surface area contributed by atoms with E-state index < -0.39 is 17.9 Å². The van der Waals surface area contributed by atoms with Crippen molar-refractivity contribution in [1.82, 2.24) is 9.55 Å². The Morgan fingerprint density at radius 1 is 1.11 bits per heavy atom. The molecular weight excluding hydrogens is 489 g/mol. The van der Waals surface area contributed by atoms with E-state index in [1.54, 1.807) is 11.0 Å². The van der Waals surface area contributed by atoms with Gasteiger partial charge < -0.3 is 19.1 Å². The van der Waals surface area contributed by atoms with Gasteiger partial charge in [-0.1, -0.05) is 13.0 Å². The second-order valence-electron chi connectivity index (χ2n) is 10.5. The lowest BCUT2D eigenvalue weighted by Crippen LogP contribution is -2.42. The van der Waals surface area contributed by atoms with Crippen molar-refractivity contribution in [2.24, 2.45) is 5.92 Å². The van der Waals surface area contributed by atoms with Gasteiger partial charge in [0.15, 0.2) is 11.6 Å². The zero-order chi connectivity index (χ0) is 27.1. The average Bonchev–Trinajstić information content (AvgIpc) is 3.32. The van der Waals surface area contributed by atoms with Crippen molar-refractivity contribution in [3.63, 3.8) is 0 Å². The number of imidazole rings is 1. The van der Waals surface area contributed by atoms with Gasteiger partial charge >= 0.3 is 12.1 Å². The van der Waals surface area contributed by atoms with Crippen molar-refractivity contribution in [3.05, 3.63) is 53.1 Å². The molecule has 1 amide bonds. The molecule has 8 nitrogen and oxygen atoms in total. The molecule has 0 unspecified atom stereocenters. The zero-order valence-electron chi connectivity index (χ0n) is 22.2. The minimum Gasteiger partial charge on any atom is -0.494 e. The van der Waals surface area contributed by atoms with Crippen molar-refractivity contribution in [2.45, 2.75) is 70.4 Å². The van der Waals surface area contributed by atoms with E-state index in [2.05, 4.69) is 4.57 Å². The molecule has 9 heteroatoms. The predicted octanol–water partition coefficient (Wildman–Crippen LogP) is 6.06. The van der Waals surface area contributed by atoms with Crippen LogP contribution in [0, 0.1) is 11.7 Å². The summed E-state index contributed by atoms with van der Waals surface area (Å²) in [4.78, 5) is 31.1. The molecule has 2 aromatic carbocycles. The summed E-state index contributed by atoms with van der Waals surface area (Å²) in [5.41, 5.74) is 4.37. The van der Waals surface area contributed by atoms with Crippen LogP contribution in [0.3, 0.4) is 0 Å². The van der Waals surface area contributed by atoms with Gasteiger partial charge in [-0.15, -0.1) is 0 Å². The molecule has 1 aliphatic heterocycles. The summed E-state index contributed by atoms with van der Waals surface area (Å²) in [6, 6.07) is 9.02. The summed E-state index contributed by atoms with van der Waals surface area (Å²) in [6.07, 6.45) is 3.81. The van der Waals surface area contributed by atoms with Crippen LogP contribution in [-0.4, -0.2) is 47.0 Å². The Labute approximate surface area is 221 Å². The number of benzene rings is 2. The third kappa shape index (κ3) is 4.37. The van der Waals surface area contributed by atoms with E-state index in [0.29, 0.717) is 12.8 Å². The highest BCUT2D eigenvalue weighted by atomic mass is 19.1. The molecule has 1 saturated carbocycles. The number of amides is 1. The number of anilines is 1. The van der Waals surface area contributed by atoms with Crippen LogP contribution >= 0.6 is 0 Å². The Bertz CT molecular complexity index is 1380. The van der Waals surface area contributed by atoms with E-state index in [9.17, 15) is 19.1 Å². The fourth-order valence-electron chi connectivity index (χ4n) is 6.16. The van der Waals surface area contributed by atoms with Crippen molar-refractivity contribution in [2.75, 3.05) is 19.1 Å². The van der Waals surface area contributed by atoms with Gasteiger partial charge in [-0.05, 0) is 75.3 Å². The molecular formula is C29H34FN3O5. The van der Waals surface area contributed by atoms with Crippen molar-refractivity contribution < 1.29 is 28.6 Å². The second-order valence-corrected chi connectivity index (χ2v) is 10.5. The summed E-state index contributed by atoms with van der Waals surface area (Å²) < 4.78 is 27.1. The maximum Gasteiger partial charge on any atom is 0.414 e. The van der Waals surface area contributed by atoms with Gasteiger partial charge in [0.25, 0.3) is 0 Å². The van der Waals surface area contributed by atoms with Gasteiger partial charge in [0.2, 0.25) is 0 Å². The number of aliphatic carboxylic acids is 1. The van der Waals surface area contributed by atoms with E-state index in [1.165, 1.54) is 20.3 Å². The lowest BCUT2D eigenvalue weighted by molar-refractivity contribution is -0.143. The maximum atomic E-state index is 14.7. The molecule has 2 atom stereocenters. The fraction of sp³-hybridized carbons (Fsp3) is 0.483. The van der Waals surface area contributed by atoms with Crippen molar-refractivity contribution in [1.29, 1.82) is 0 Å². The topological polar surface area (TPSA) is 93.9 Å². The number of carbonyl (C=O) groups excluding carboxylic acids is 1. The van der Waals surface area contributed by atoms with Crippen LogP contribution in [0.2, 0.25) is 0 Å². The van der Waals surface area contributed by atoms with E-state index >= 15 is 0 Å². The molecule has 1 fully saturated rings. The molecule has 0 radical (unpaired) electrons. The van der Waals surface area contributed by atoms with E-state index in [4.69, 9.17) is 14.5 Å². The number of hydrogen-bond acceptors (Lipinski definition) is 5. The Balaban J connectivity index is 1.65. The predicted molar refractivity (Wildman–Crippen MR) is 141 cm³/mol. The molecule has 0 saturated heterocycles. The number of carboxylic acid groups (broad SMARTS) is 1. The first kappa shape index (κ1) is 26.0. The third-order valence-corrected chi connectivity index (χ3v) is 8.33. The Kier molecular flexibility index (Phi) is 7.03. The van der Waals surface area contributed by atoms with Crippen LogP contribution in [0.1, 0.15) is 74.9 Å². The monoisotopic (exact) mass is 523 g/mol. The fourth-order valence-corrected chi connectivity index (χ4v) is 6.16. The number of methoxy groups -OCH3 is 2. The zero-order valence-corrected chi connectivity index (χ0v) is 22.2. The number of fused-ring (bicyclic) bond motifs is 3. The minimum absolute atomic E-state index is 0.00134. The van der Waals surface area contributed by atoms with Crippen LogP contribution in [0.25, 0.3) is 11.0 Å². The smallest absolute Gasteiger partial charge is 0.414 e. The first-order valence-electron chi connectivity index (χ1n) is 13.2. The number of carboxylic acids is 1. The number of rotatable bonds is 5. The molecule has 2 heterocycles. The number of ether oxygens (including phenoxy) is 2. The first-order valence-corrected chi connectivity index (χ1v) is 13.2. The van der Waals surface area contributed by atoms with Gasteiger partial charge in [0.05, 0.1) is 36.9 Å². The Morgan fingerprint density at radius 2 is 1.84 bits per heavy atom. The van der Waals surface area contributed by atoms with E-state index in [-0.39, 0.29) is 29.7 Å². The normalized spacial score (nSPS) is 22.1. The quantitative estimate of drug-likeness (QED) is 0.437. The highest BCUT2D eigenvalue weighted by Gasteiger charge is 2.34. The highest BCUT2D eigenvalue weighted by Crippen LogP contribution is 2.42. The number of hydrogen-bond donors (Lipinski definition) is 1. The lowest BCUT2D eigenvalue weighted by Gasteiger charge is -2.34. The van der Waals surface area contributed by atoms with Crippen LogP contribution in [-0.2, 0) is 16.0 Å². The molecule has 202 valence electrons. The molecule has 5 rings (SSSR count). The Morgan fingerprint density at radius 3 is 2.47 bits per heavy atom. The van der Waals surface area contributed by atoms with E-state index in [0.717, 1.165) is 59.4 Å². The molecule has 2 aliphatic rings. The van der Waals surface area contributed by atoms with Gasteiger partial charge in [0, 0.05) is 23.6 Å². The third-order valence-electron chi connectivity index (χ3n) is 8.33. The molecule has 0 bridgehead atoms. The lowest BCUT2D eigenvalue weighted by atomic mass is 9.85. The first-order chi connectivity index (χ1) is 18.2. The molecule has 1 aromatic heterocycles. The van der Waals surface area contributed by atoms with Crippen LogP contribution in [0.4, 0.5) is 14.9 Å². The van der Waals surface area contributed by atoms with E-state index in [1.807, 2.05) is 32.0 Å². The maximum absolute atomic E-state index is 14.7. The second kappa shape index (κ2) is 10.3. The summed E-state index contributed by atoms with van der Waals surface area (Å²) >= 11 is 0. The molecule has 0 spiro atoms. The Hall–Kier alpha value is -3.62. The van der Waals surface area contributed by atoms with Crippen molar-refractivity contribution in [3.8, 4) is 5.75 Å². The van der Waals surface area contributed by atoms with Gasteiger partial charge in [-0.2, -0.15) is 0 Å². The molecule has 3 aromatic rings. The number of halogens is 1. The van der Waals surface area contributed by atoms with Crippen LogP contribution < -0.4 is 9.64 Å². The molecule has 1 aliphatic carbocycles. The summed E-state index contributed by atoms with van der Waals surface area (Å²) in [7, 11) is 2.83. The highest BCUT2D eigenvalue weighted by molar-refractivity contribution is 5.95. The van der Waals surface area contributed by atoms with Crippen LogP contribution in [0.15, 0.2) is 30.3 Å². The minimum atomic E-state index is -0.743. The average molecular weight is 524 g/mol. The number of carbonyl (C=O) groups is 2.